The molecule has 0 radical (unpaired) electrons. The predicted molar refractivity (Wildman–Crippen MR) is 119 cm³/mol. The molecule has 8 nitrogen and oxygen atoms in total. The lowest BCUT2D eigenvalue weighted by atomic mass is 10.1. The van der Waals surface area contributed by atoms with Crippen molar-refractivity contribution < 1.29 is 22.7 Å². The number of amides is 1. The van der Waals surface area contributed by atoms with Gasteiger partial charge in [0.1, 0.15) is 18.1 Å². The monoisotopic (exact) mass is 461 g/mol. The lowest BCUT2D eigenvalue weighted by Crippen LogP contribution is -2.22. The number of aromatic nitrogens is 1. The SMILES string of the molecule is COc1ccc(S(=O)(=O)N(C)C)cc1NC(=O)c1ccccc1OCc1csc(C)n1. The van der Waals surface area contributed by atoms with Gasteiger partial charge in [0.15, 0.2) is 0 Å². The van der Waals surface area contributed by atoms with Crippen LogP contribution in [-0.4, -0.2) is 44.8 Å². The number of carbonyl (C=O) groups is 1. The average Bonchev–Trinajstić information content (AvgIpc) is 3.17. The van der Waals surface area contributed by atoms with Crippen LogP contribution in [-0.2, 0) is 16.6 Å². The number of ether oxygens (including phenoxy) is 2. The number of thiazole rings is 1. The second kappa shape index (κ2) is 9.46. The molecule has 0 spiro atoms. The minimum absolute atomic E-state index is 0.0389. The topological polar surface area (TPSA) is 97.8 Å². The highest BCUT2D eigenvalue weighted by atomic mass is 32.2. The van der Waals surface area contributed by atoms with Gasteiger partial charge in [0.25, 0.3) is 5.91 Å². The van der Waals surface area contributed by atoms with Gasteiger partial charge in [-0.25, -0.2) is 17.7 Å². The second-order valence-corrected chi connectivity index (χ2v) is 9.96. The standard InChI is InChI=1S/C21H23N3O5S2/c1-14-22-15(13-30-14)12-29-19-8-6-5-7-17(19)21(25)23-18-11-16(9-10-20(18)28-4)31(26,27)24(2)3/h5-11,13H,12H2,1-4H3,(H,23,25). The van der Waals surface area contributed by atoms with E-state index in [4.69, 9.17) is 9.47 Å². The van der Waals surface area contributed by atoms with Crippen LogP contribution in [0.5, 0.6) is 11.5 Å². The van der Waals surface area contributed by atoms with Gasteiger partial charge < -0.3 is 14.8 Å². The van der Waals surface area contributed by atoms with Crippen molar-refractivity contribution in [2.75, 3.05) is 26.5 Å². The lowest BCUT2D eigenvalue weighted by Gasteiger charge is -2.16. The van der Waals surface area contributed by atoms with Gasteiger partial charge in [0.2, 0.25) is 10.0 Å². The Bertz CT molecular complexity index is 1190. The molecule has 1 amide bonds. The maximum Gasteiger partial charge on any atom is 0.259 e. The van der Waals surface area contributed by atoms with Crippen LogP contribution in [0.1, 0.15) is 21.1 Å². The molecule has 3 rings (SSSR count). The zero-order valence-electron chi connectivity index (χ0n) is 17.6. The highest BCUT2D eigenvalue weighted by Crippen LogP contribution is 2.30. The number of aryl methyl sites for hydroxylation is 1. The molecular formula is C21H23N3O5S2. The fourth-order valence-electron chi connectivity index (χ4n) is 2.75. The summed E-state index contributed by atoms with van der Waals surface area (Å²) in [6.07, 6.45) is 0. The van der Waals surface area contributed by atoms with E-state index in [1.54, 1.807) is 24.3 Å². The predicted octanol–water partition coefficient (Wildman–Crippen LogP) is 3.54. The Morgan fingerprint density at radius 2 is 1.90 bits per heavy atom. The van der Waals surface area contributed by atoms with E-state index >= 15 is 0 Å². The van der Waals surface area contributed by atoms with Crippen molar-refractivity contribution in [3.63, 3.8) is 0 Å². The zero-order chi connectivity index (χ0) is 22.6. The van der Waals surface area contributed by atoms with Crippen LogP contribution in [0.4, 0.5) is 5.69 Å². The first-order chi connectivity index (χ1) is 14.7. The number of anilines is 1. The maximum absolute atomic E-state index is 13.0. The molecule has 0 aliphatic heterocycles. The lowest BCUT2D eigenvalue weighted by molar-refractivity contribution is 0.102. The summed E-state index contributed by atoms with van der Waals surface area (Å²) in [7, 11) is 0.647. The third kappa shape index (κ3) is 5.22. The molecule has 0 bridgehead atoms. The molecule has 0 aliphatic rings. The van der Waals surface area contributed by atoms with Gasteiger partial charge >= 0.3 is 0 Å². The Labute approximate surface area is 185 Å². The minimum atomic E-state index is -3.67. The number of nitrogens with one attached hydrogen (secondary N) is 1. The fourth-order valence-corrected chi connectivity index (χ4v) is 4.28. The molecule has 0 atom stereocenters. The molecule has 2 aromatic carbocycles. The van der Waals surface area contributed by atoms with E-state index in [1.165, 1.54) is 50.7 Å². The van der Waals surface area contributed by atoms with Crippen LogP contribution < -0.4 is 14.8 Å². The number of hydrogen-bond donors (Lipinski definition) is 1. The molecule has 0 saturated carbocycles. The van der Waals surface area contributed by atoms with E-state index in [2.05, 4.69) is 10.3 Å². The number of para-hydroxylation sites is 1. The molecular weight excluding hydrogens is 438 g/mol. The van der Waals surface area contributed by atoms with Crippen LogP contribution in [0.3, 0.4) is 0 Å². The van der Waals surface area contributed by atoms with Crippen molar-refractivity contribution in [1.82, 2.24) is 9.29 Å². The first kappa shape index (κ1) is 22.7. The number of methoxy groups -OCH3 is 1. The summed E-state index contributed by atoms with van der Waals surface area (Å²) in [5.41, 5.74) is 1.32. The molecule has 0 fully saturated rings. The number of nitrogens with zero attached hydrogens (tertiary/aromatic N) is 2. The molecule has 10 heteroatoms. The molecule has 3 aromatic rings. The average molecular weight is 462 g/mol. The van der Waals surface area contributed by atoms with Gasteiger partial charge in [-0.2, -0.15) is 0 Å². The molecule has 164 valence electrons. The molecule has 1 heterocycles. The van der Waals surface area contributed by atoms with Crippen LogP contribution >= 0.6 is 11.3 Å². The molecule has 31 heavy (non-hydrogen) atoms. The van der Waals surface area contributed by atoms with Crippen LogP contribution in [0, 0.1) is 6.92 Å². The summed E-state index contributed by atoms with van der Waals surface area (Å²) in [6, 6.07) is 11.1. The molecule has 1 aromatic heterocycles. The molecule has 1 N–H and O–H groups in total. The smallest absolute Gasteiger partial charge is 0.259 e. The molecule has 0 aliphatic carbocycles. The Morgan fingerprint density at radius 3 is 2.55 bits per heavy atom. The van der Waals surface area contributed by atoms with E-state index in [9.17, 15) is 13.2 Å². The Balaban J connectivity index is 1.86. The van der Waals surface area contributed by atoms with Crippen molar-refractivity contribution in [2.45, 2.75) is 18.4 Å². The second-order valence-electron chi connectivity index (χ2n) is 6.75. The third-order valence-corrected chi connectivity index (χ3v) is 7.00. The van der Waals surface area contributed by atoms with E-state index in [0.29, 0.717) is 17.1 Å². The van der Waals surface area contributed by atoms with E-state index in [0.717, 1.165) is 15.0 Å². The summed E-state index contributed by atoms with van der Waals surface area (Å²) >= 11 is 1.52. The van der Waals surface area contributed by atoms with Crippen LogP contribution in [0.2, 0.25) is 0 Å². The van der Waals surface area contributed by atoms with Crippen molar-refractivity contribution in [3.05, 3.63) is 64.1 Å². The number of hydrogen-bond acceptors (Lipinski definition) is 7. The third-order valence-electron chi connectivity index (χ3n) is 4.37. The first-order valence-corrected chi connectivity index (χ1v) is 11.6. The number of carbonyl (C=O) groups excluding carboxylic acids is 1. The number of sulfonamides is 1. The highest BCUT2D eigenvalue weighted by molar-refractivity contribution is 7.89. The van der Waals surface area contributed by atoms with E-state index in [1.807, 2.05) is 12.3 Å². The minimum Gasteiger partial charge on any atom is -0.495 e. The first-order valence-electron chi connectivity index (χ1n) is 9.27. The Hall–Kier alpha value is -2.95. The number of benzene rings is 2. The number of rotatable bonds is 8. The van der Waals surface area contributed by atoms with Gasteiger partial charge in [-0.05, 0) is 37.3 Å². The van der Waals surface area contributed by atoms with Gasteiger partial charge in [0, 0.05) is 19.5 Å². The summed E-state index contributed by atoms with van der Waals surface area (Å²) in [5.74, 6) is 0.270. The fraction of sp³-hybridized carbons (Fsp3) is 0.238. The van der Waals surface area contributed by atoms with Gasteiger partial charge in [0.05, 0.1) is 34.0 Å². The Kier molecular flexibility index (Phi) is 6.94. The molecule has 0 saturated heterocycles. The highest BCUT2D eigenvalue weighted by Gasteiger charge is 2.21. The summed E-state index contributed by atoms with van der Waals surface area (Å²) < 4.78 is 37.1. The van der Waals surface area contributed by atoms with E-state index < -0.39 is 15.9 Å². The van der Waals surface area contributed by atoms with Gasteiger partial charge in [-0.3, -0.25) is 4.79 Å². The normalized spacial score (nSPS) is 11.4. The van der Waals surface area contributed by atoms with Crippen molar-refractivity contribution in [1.29, 1.82) is 0 Å². The summed E-state index contributed by atoms with van der Waals surface area (Å²) in [4.78, 5) is 17.4. The quantitative estimate of drug-likeness (QED) is 0.551. The van der Waals surface area contributed by atoms with Crippen LogP contribution in [0.25, 0.3) is 0 Å². The van der Waals surface area contributed by atoms with Crippen molar-refractivity contribution in [2.24, 2.45) is 0 Å². The largest absolute Gasteiger partial charge is 0.495 e. The van der Waals surface area contributed by atoms with Crippen molar-refractivity contribution >= 4 is 33.0 Å². The molecule has 0 unspecified atom stereocenters. The Morgan fingerprint density at radius 1 is 1.16 bits per heavy atom. The van der Waals surface area contributed by atoms with Gasteiger partial charge in [-0.15, -0.1) is 11.3 Å². The van der Waals surface area contributed by atoms with Crippen molar-refractivity contribution in [3.8, 4) is 11.5 Å². The zero-order valence-corrected chi connectivity index (χ0v) is 19.2. The maximum atomic E-state index is 13.0. The van der Waals surface area contributed by atoms with E-state index in [-0.39, 0.29) is 17.2 Å². The van der Waals surface area contributed by atoms with Crippen LogP contribution in [0.15, 0.2) is 52.7 Å². The summed E-state index contributed by atoms with van der Waals surface area (Å²) in [5, 5.41) is 5.57. The summed E-state index contributed by atoms with van der Waals surface area (Å²) in [6.45, 7) is 2.14. The van der Waals surface area contributed by atoms with Gasteiger partial charge in [-0.1, -0.05) is 12.1 Å².